The molecule has 0 spiro atoms. The molecular formula is C43H49N5O7. The number of unbranched alkanes of at least 4 members (excludes halogenated alkanes) is 1. The van der Waals surface area contributed by atoms with Gasteiger partial charge in [-0.05, 0) is 77.8 Å². The first-order valence-corrected chi connectivity index (χ1v) is 19.2. The van der Waals surface area contributed by atoms with Gasteiger partial charge in [-0.1, -0.05) is 72.8 Å². The Morgan fingerprint density at radius 1 is 0.800 bits per heavy atom. The van der Waals surface area contributed by atoms with Gasteiger partial charge >= 0.3 is 5.69 Å². The second-order valence-corrected chi connectivity index (χ2v) is 14.5. The molecule has 2 saturated heterocycles. The number of aliphatic hydroxyl groups is 1. The van der Waals surface area contributed by atoms with Gasteiger partial charge in [0.25, 0.3) is 0 Å². The lowest BCUT2D eigenvalue weighted by molar-refractivity contribution is -0.253. The van der Waals surface area contributed by atoms with Crippen molar-refractivity contribution >= 4 is 22.8 Å². The molecule has 3 atom stereocenters. The minimum Gasteiger partial charge on any atom is -0.392 e. The molecule has 0 bridgehead atoms. The number of likely N-dealkylation sites (tertiary alicyclic amines) is 1. The highest BCUT2D eigenvalue weighted by atomic mass is 16.7. The normalized spacial score (nSPS) is 19.3. The van der Waals surface area contributed by atoms with Crippen molar-refractivity contribution in [3.63, 3.8) is 0 Å². The summed E-state index contributed by atoms with van der Waals surface area (Å²) in [5.41, 5.74) is 9.13. The van der Waals surface area contributed by atoms with Gasteiger partial charge in [-0.15, -0.1) is 0 Å². The first-order valence-electron chi connectivity index (χ1n) is 19.2. The quantitative estimate of drug-likeness (QED) is 0.0522. The summed E-state index contributed by atoms with van der Waals surface area (Å²) in [6.07, 6.45) is 3.07. The van der Waals surface area contributed by atoms with Gasteiger partial charge in [-0.2, -0.15) is 0 Å². The molecule has 3 heterocycles. The number of ether oxygens (including phenoxy) is 2. The van der Waals surface area contributed by atoms with Crippen molar-refractivity contribution in [3.05, 3.63) is 130 Å². The molecule has 288 valence electrons. The van der Waals surface area contributed by atoms with Crippen LogP contribution in [0.1, 0.15) is 85.6 Å². The fourth-order valence-electron chi connectivity index (χ4n) is 7.76. The van der Waals surface area contributed by atoms with Crippen LogP contribution in [0.15, 0.2) is 102 Å². The topological polar surface area (TPSA) is 158 Å². The molecule has 5 aromatic rings. The van der Waals surface area contributed by atoms with Gasteiger partial charge in [-0.3, -0.25) is 19.4 Å². The summed E-state index contributed by atoms with van der Waals surface area (Å²) in [7, 11) is 0. The molecule has 0 radical (unpaired) electrons. The number of imidazole rings is 1. The number of para-hydroxylation sites is 2. The molecule has 0 saturated carbocycles. The SMILES string of the molecule is O=C(CCCCC(=O)NCc1cccc(-c2cccc([C@H]3O[C@@H](CN4CCC(n5c(=O)[nH]c6ccccc65)CC4)C[C@@H](c4ccc(CO)cc4)O3)c2)c1)NO. The van der Waals surface area contributed by atoms with Crippen LogP contribution in [-0.4, -0.2) is 62.3 Å². The van der Waals surface area contributed by atoms with Gasteiger partial charge in [0, 0.05) is 57.0 Å². The number of aromatic amines is 1. The van der Waals surface area contributed by atoms with Crippen LogP contribution in [0.2, 0.25) is 0 Å². The number of benzene rings is 4. The Balaban J connectivity index is 1.02. The largest absolute Gasteiger partial charge is 0.392 e. The molecule has 0 aliphatic carbocycles. The third kappa shape index (κ3) is 9.59. The molecule has 1 aromatic heterocycles. The summed E-state index contributed by atoms with van der Waals surface area (Å²) in [6.45, 7) is 2.81. The lowest BCUT2D eigenvalue weighted by Crippen LogP contribution is -2.43. The van der Waals surface area contributed by atoms with Crippen molar-refractivity contribution in [1.29, 1.82) is 0 Å². The molecule has 5 N–H and O–H groups in total. The first-order chi connectivity index (χ1) is 26.9. The van der Waals surface area contributed by atoms with Crippen LogP contribution in [-0.2, 0) is 32.2 Å². The van der Waals surface area contributed by atoms with Crippen LogP contribution in [0.25, 0.3) is 22.2 Å². The summed E-state index contributed by atoms with van der Waals surface area (Å²) in [4.78, 5) is 41.9. The van der Waals surface area contributed by atoms with E-state index in [2.05, 4.69) is 33.4 Å². The van der Waals surface area contributed by atoms with Gasteiger partial charge < -0.3 is 29.8 Å². The van der Waals surface area contributed by atoms with Crippen molar-refractivity contribution in [2.24, 2.45) is 0 Å². The molecule has 2 fully saturated rings. The third-order valence-electron chi connectivity index (χ3n) is 10.7. The van der Waals surface area contributed by atoms with E-state index in [1.165, 1.54) is 0 Å². The summed E-state index contributed by atoms with van der Waals surface area (Å²) < 4.78 is 15.3. The zero-order chi connectivity index (χ0) is 38.1. The summed E-state index contributed by atoms with van der Waals surface area (Å²) in [6, 6.07) is 32.2. The molecule has 0 unspecified atom stereocenters. The number of hydroxylamine groups is 1. The standard InChI is InChI=1S/C43H49N5O7/c49-28-29-15-17-31(18-16-29)39-25-36(27-47-21-19-35(20-22-47)48-38-12-2-1-11-37(38)45-43(48)52)54-42(55-39)34-10-6-9-33(24-34)32-8-5-7-30(23-32)26-44-40(50)13-3-4-14-41(51)46-53/h1-2,5-12,15-18,23-24,35-36,39,42,49,53H,3-4,13-14,19-22,25-28H2,(H,44,50)(H,45,52)(H,46,51)/t36-,39+,42+/m1/s1. The van der Waals surface area contributed by atoms with E-state index in [-0.39, 0.29) is 42.9 Å². The maximum atomic E-state index is 12.9. The Hall–Kier alpha value is -5.11. The van der Waals surface area contributed by atoms with E-state index >= 15 is 0 Å². The van der Waals surface area contributed by atoms with E-state index in [0.717, 1.165) is 76.9 Å². The number of nitrogens with one attached hydrogen (secondary N) is 3. The Bertz CT molecular complexity index is 2120. The van der Waals surface area contributed by atoms with Crippen LogP contribution in [0.5, 0.6) is 0 Å². The van der Waals surface area contributed by atoms with Crippen molar-refractivity contribution < 1.29 is 29.4 Å². The van der Waals surface area contributed by atoms with Gasteiger partial charge in [0.2, 0.25) is 11.8 Å². The maximum Gasteiger partial charge on any atom is 0.326 e. The molecule has 12 nitrogen and oxygen atoms in total. The Morgan fingerprint density at radius 3 is 2.29 bits per heavy atom. The minimum absolute atomic E-state index is 0.0193. The number of hydrogen-bond acceptors (Lipinski definition) is 8. The van der Waals surface area contributed by atoms with Crippen molar-refractivity contribution in [3.8, 4) is 11.1 Å². The number of aromatic nitrogens is 2. The number of nitrogens with zero attached hydrogens (tertiary/aromatic N) is 2. The highest BCUT2D eigenvalue weighted by Gasteiger charge is 2.34. The molecule has 2 amide bonds. The number of carbonyl (C=O) groups excluding carboxylic acids is 2. The lowest BCUT2D eigenvalue weighted by atomic mass is 9.97. The zero-order valence-electron chi connectivity index (χ0n) is 30.9. The smallest absolute Gasteiger partial charge is 0.326 e. The fraction of sp³-hybridized carbons (Fsp3) is 0.372. The van der Waals surface area contributed by atoms with Crippen LogP contribution in [0.4, 0.5) is 0 Å². The fourth-order valence-corrected chi connectivity index (χ4v) is 7.76. The average molecular weight is 748 g/mol. The summed E-state index contributed by atoms with van der Waals surface area (Å²) >= 11 is 0. The van der Waals surface area contributed by atoms with Gasteiger partial charge in [-0.25, -0.2) is 10.3 Å². The number of piperidine rings is 1. The predicted molar refractivity (Wildman–Crippen MR) is 208 cm³/mol. The van der Waals surface area contributed by atoms with Crippen LogP contribution in [0.3, 0.4) is 0 Å². The molecule has 2 aliphatic heterocycles. The second kappa shape index (κ2) is 18.0. The Kier molecular flexibility index (Phi) is 12.5. The summed E-state index contributed by atoms with van der Waals surface area (Å²) in [5, 5.41) is 21.2. The Morgan fingerprint density at radius 2 is 1.53 bits per heavy atom. The van der Waals surface area contributed by atoms with Gasteiger partial charge in [0.15, 0.2) is 6.29 Å². The molecule has 7 rings (SSSR count). The highest BCUT2D eigenvalue weighted by molar-refractivity contribution is 5.77. The number of aliphatic hydroxyl groups excluding tert-OH is 1. The van der Waals surface area contributed by atoms with E-state index in [1.54, 1.807) is 5.48 Å². The van der Waals surface area contributed by atoms with E-state index in [4.69, 9.17) is 14.7 Å². The summed E-state index contributed by atoms with van der Waals surface area (Å²) in [5.74, 6) is -0.543. The predicted octanol–water partition coefficient (Wildman–Crippen LogP) is 6.05. The van der Waals surface area contributed by atoms with E-state index in [9.17, 15) is 19.5 Å². The third-order valence-corrected chi connectivity index (χ3v) is 10.7. The van der Waals surface area contributed by atoms with E-state index < -0.39 is 12.2 Å². The Labute approximate surface area is 320 Å². The highest BCUT2D eigenvalue weighted by Crippen LogP contribution is 2.39. The van der Waals surface area contributed by atoms with Crippen molar-refractivity contribution in [1.82, 2.24) is 25.2 Å². The molecular weight excluding hydrogens is 699 g/mol. The maximum absolute atomic E-state index is 12.9. The first kappa shape index (κ1) is 38.2. The lowest BCUT2D eigenvalue weighted by Gasteiger charge is -2.40. The number of carbonyl (C=O) groups is 2. The number of H-pyrrole nitrogens is 1. The zero-order valence-corrected chi connectivity index (χ0v) is 30.9. The van der Waals surface area contributed by atoms with Crippen LogP contribution < -0.4 is 16.5 Å². The number of rotatable bonds is 14. The number of hydrogen-bond donors (Lipinski definition) is 5. The van der Waals surface area contributed by atoms with Crippen LogP contribution in [0, 0.1) is 0 Å². The average Bonchev–Trinajstić information content (AvgIpc) is 3.57. The van der Waals surface area contributed by atoms with E-state index in [0.29, 0.717) is 32.2 Å². The number of amides is 2. The van der Waals surface area contributed by atoms with Gasteiger partial charge in [0.1, 0.15) is 0 Å². The van der Waals surface area contributed by atoms with Gasteiger partial charge in [0.05, 0.1) is 29.8 Å². The molecule has 2 aliphatic rings. The molecule has 4 aromatic carbocycles. The number of fused-ring (bicyclic) bond motifs is 1. The molecule has 12 heteroatoms. The van der Waals surface area contributed by atoms with Crippen molar-refractivity contribution in [2.75, 3.05) is 19.6 Å². The molecule has 55 heavy (non-hydrogen) atoms. The van der Waals surface area contributed by atoms with Crippen LogP contribution >= 0.6 is 0 Å². The second-order valence-electron chi connectivity index (χ2n) is 14.5. The van der Waals surface area contributed by atoms with Crippen molar-refractivity contribution in [2.45, 2.75) is 82.6 Å². The monoisotopic (exact) mass is 747 g/mol. The van der Waals surface area contributed by atoms with E-state index in [1.807, 2.05) is 83.4 Å². The minimum atomic E-state index is -0.602.